The molecule has 2 aromatic carbocycles. The van der Waals surface area contributed by atoms with Crippen LogP contribution < -0.4 is 10.5 Å². The van der Waals surface area contributed by atoms with Crippen LogP contribution in [0.3, 0.4) is 0 Å². The zero-order valence-corrected chi connectivity index (χ0v) is 12.6. The number of hydrogen-bond acceptors (Lipinski definition) is 3. The minimum atomic E-state index is 0.0752. The molecular weight excluding hydrogens is 264 g/mol. The van der Waals surface area contributed by atoms with Crippen LogP contribution in [0.25, 0.3) is 0 Å². The molecular formula is C17H20N2O2. The summed E-state index contributed by atoms with van der Waals surface area (Å²) in [6.07, 6.45) is 0. The standard InChI is InChI=1S/C17H20N2O2/c1-11-6-12(2)8-14(7-11)10-21-16-9-15(17(18)19-20)5-4-13(16)3/h4-9,20H,10H2,1-3H3,(H2,18,19). The van der Waals surface area contributed by atoms with Crippen molar-refractivity contribution in [2.24, 2.45) is 10.9 Å². The molecule has 21 heavy (non-hydrogen) atoms. The molecule has 0 unspecified atom stereocenters. The van der Waals surface area contributed by atoms with Crippen molar-refractivity contribution < 1.29 is 9.94 Å². The highest BCUT2D eigenvalue weighted by Gasteiger charge is 2.06. The Morgan fingerprint density at radius 3 is 2.38 bits per heavy atom. The average Bonchev–Trinajstić information content (AvgIpc) is 2.44. The predicted octanol–water partition coefficient (Wildman–Crippen LogP) is 3.29. The average molecular weight is 284 g/mol. The fourth-order valence-corrected chi connectivity index (χ4v) is 2.29. The van der Waals surface area contributed by atoms with Gasteiger partial charge in [-0.1, -0.05) is 46.6 Å². The van der Waals surface area contributed by atoms with Crippen molar-refractivity contribution in [2.75, 3.05) is 0 Å². The lowest BCUT2D eigenvalue weighted by atomic mass is 10.1. The third-order valence-electron chi connectivity index (χ3n) is 3.27. The minimum absolute atomic E-state index is 0.0752. The third-order valence-corrected chi connectivity index (χ3v) is 3.27. The molecule has 0 aliphatic rings. The van der Waals surface area contributed by atoms with Crippen molar-refractivity contribution in [3.63, 3.8) is 0 Å². The summed E-state index contributed by atoms with van der Waals surface area (Å²) in [5.74, 6) is 0.810. The van der Waals surface area contributed by atoms with Crippen LogP contribution in [0.2, 0.25) is 0 Å². The lowest BCUT2D eigenvalue weighted by Crippen LogP contribution is -2.13. The van der Waals surface area contributed by atoms with E-state index in [4.69, 9.17) is 15.7 Å². The molecule has 2 aromatic rings. The van der Waals surface area contributed by atoms with Gasteiger partial charge in [-0.3, -0.25) is 0 Å². The van der Waals surface area contributed by atoms with Gasteiger partial charge in [0.2, 0.25) is 0 Å². The first kappa shape index (κ1) is 14.9. The summed E-state index contributed by atoms with van der Waals surface area (Å²) in [5.41, 5.74) is 10.8. The Balaban J connectivity index is 2.19. The number of nitrogens with zero attached hydrogens (tertiary/aromatic N) is 1. The highest BCUT2D eigenvalue weighted by Crippen LogP contribution is 2.21. The van der Waals surface area contributed by atoms with E-state index < -0.39 is 0 Å². The van der Waals surface area contributed by atoms with E-state index in [-0.39, 0.29) is 5.84 Å². The van der Waals surface area contributed by atoms with Gasteiger partial charge >= 0.3 is 0 Å². The molecule has 0 fully saturated rings. The second-order valence-corrected chi connectivity index (χ2v) is 5.25. The Bertz CT molecular complexity index is 658. The Kier molecular flexibility index (Phi) is 4.48. The number of rotatable bonds is 4. The molecule has 0 amide bonds. The number of benzene rings is 2. The highest BCUT2D eigenvalue weighted by molar-refractivity contribution is 5.97. The topological polar surface area (TPSA) is 67.8 Å². The van der Waals surface area contributed by atoms with E-state index in [1.807, 2.05) is 13.0 Å². The summed E-state index contributed by atoms with van der Waals surface area (Å²) in [5, 5.41) is 11.7. The van der Waals surface area contributed by atoms with Gasteiger partial charge in [-0.15, -0.1) is 0 Å². The fourth-order valence-electron chi connectivity index (χ4n) is 2.29. The molecule has 0 spiro atoms. The first-order chi connectivity index (χ1) is 9.99. The molecule has 2 rings (SSSR count). The van der Waals surface area contributed by atoms with E-state index in [9.17, 15) is 0 Å². The van der Waals surface area contributed by atoms with Crippen LogP contribution in [0, 0.1) is 20.8 Å². The van der Waals surface area contributed by atoms with Crippen molar-refractivity contribution in [1.29, 1.82) is 0 Å². The molecule has 0 radical (unpaired) electrons. The summed E-state index contributed by atoms with van der Waals surface area (Å²) < 4.78 is 5.88. The molecule has 0 aliphatic carbocycles. The molecule has 0 heterocycles. The lowest BCUT2D eigenvalue weighted by molar-refractivity contribution is 0.303. The molecule has 0 aliphatic heterocycles. The van der Waals surface area contributed by atoms with Crippen LogP contribution in [0.1, 0.15) is 27.8 Å². The monoisotopic (exact) mass is 284 g/mol. The van der Waals surface area contributed by atoms with Crippen LogP contribution in [0.4, 0.5) is 0 Å². The van der Waals surface area contributed by atoms with Crippen LogP contribution in [-0.4, -0.2) is 11.0 Å². The maximum atomic E-state index is 8.74. The van der Waals surface area contributed by atoms with Crippen molar-refractivity contribution >= 4 is 5.84 Å². The number of oxime groups is 1. The van der Waals surface area contributed by atoms with Gasteiger partial charge in [-0.25, -0.2) is 0 Å². The SMILES string of the molecule is Cc1cc(C)cc(COc2cc(/C(N)=N/O)ccc2C)c1. The molecule has 110 valence electrons. The second kappa shape index (κ2) is 6.31. The molecule has 0 saturated heterocycles. The third kappa shape index (κ3) is 3.75. The summed E-state index contributed by atoms with van der Waals surface area (Å²) in [4.78, 5) is 0. The number of ether oxygens (including phenoxy) is 1. The number of hydrogen-bond donors (Lipinski definition) is 2. The predicted molar refractivity (Wildman–Crippen MR) is 83.9 cm³/mol. The van der Waals surface area contributed by atoms with Crippen molar-refractivity contribution in [3.8, 4) is 5.75 Å². The fraction of sp³-hybridized carbons (Fsp3) is 0.235. The summed E-state index contributed by atoms with van der Waals surface area (Å²) in [7, 11) is 0. The van der Waals surface area contributed by atoms with Gasteiger partial charge in [-0.05, 0) is 38.0 Å². The van der Waals surface area contributed by atoms with Crippen molar-refractivity contribution in [2.45, 2.75) is 27.4 Å². The number of nitrogens with two attached hydrogens (primary N) is 1. The smallest absolute Gasteiger partial charge is 0.170 e. The largest absolute Gasteiger partial charge is 0.489 e. The summed E-state index contributed by atoms with van der Waals surface area (Å²) >= 11 is 0. The van der Waals surface area contributed by atoms with Gasteiger partial charge in [0.15, 0.2) is 5.84 Å². The number of aryl methyl sites for hydroxylation is 3. The Morgan fingerprint density at radius 2 is 1.76 bits per heavy atom. The van der Waals surface area contributed by atoms with Crippen molar-refractivity contribution in [1.82, 2.24) is 0 Å². The Labute approximate surface area is 124 Å². The Hall–Kier alpha value is -2.49. The van der Waals surface area contributed by atoms with Gasteiger partial charge < -0.3 is 15.7 Å². The van der Waals surface area contributed by atoms with Gasteiger partial charge in [0.05, 0.1) is 0 Å². The maximum absolute atomic E-state index is 8.74. The van der Waals surface area contributed by atoms with E-state index >= 15 is 0 Å². The Morgan fingerprint density at radius 1 is 1.10 bits per heavy atom. The lowest BCUT2D eigenvalue weighted by Gasteiger charge is -2.12. The minimum Gasteiger partial charge on any atom is -0.489 e. The van der Waals surface area contributed by atoms with Gasteiger partial charge in [0.1, 0.15) is 12.4 Å². The molecule has 4 nitrogen and oxygen atoms in total. The maximum Gasteiger partial charge on any atom is 0.170 e. The second-order valence-electron chi connectivity index (χ2n) is 5.25. The van der Waals surface area contributed by atoms with Gasteiger partial charge in [0, 0.05) is 5.56 Å². The molecule has 0 bridgehead atoms. The van der Waals surface area contributed by atoms with E-state index in [1.165, 1.54) is 11.1 Å². The number of amidine groups is 1. The molecule has 3 N–H and O–H groups in total. The van der Waals surface area contributed by atoms with E-state index in [0.29, 0.717) is 12.2 Å². The normalized spacial score (nSPS) is 11.5. The van der Waals surface area contributed by atoms with Crippen LogP contribution >= 0.6 is 0 Å². The molecule has 0 saturated carbocycles. The van der Waals surface area contributed by atoms with Gasteiger partial charge in [0.25, 0.3) is 0 Å². The van der Waals surface area contributed by atoms with E-state index in [2.05, 4.69) is 37.2 Å². The van der Waals surface area contributed by atoms with Gasteiger partial charge in [-0.2, -0.15) is 0 Å². The zero-order valence-electron chi connectivity index (χ0n) is 12.6. The quantitative estimate of drug-likeness (QED) is 0.392. The van der Waals surface area contributed by atoms with Crippen molar-refractivity contribution in [3.05, 3.63) is 64.2 Å². The molecule has 0 aromatic heterocycles. The van der Waals surface area contributed by atoms with Crippen LogP contribution in [0.5, 0.6) is 5.75 Å². The highest BCUT2D eigenvalue weighted by atomic mass is 16.5. The first-order valence-corrected chi connectivity index (χ1v) is 6.78. The zero-order chi connectivity index (χ0) is 15.4. The van der Waals surface area contributed by atoms with E-state index in [0.717, 1.165) is 16.9 Å². The summed E-state index contributed by atoms with van der Waals surface area (Å²) in [6.45, 7) is 6.59. The molecule has 4 heteroatoms. The van der Waals surface area contributed by atoms with Crippen LogP contribution in [0.15, 0.2) is 41.6 Å². The van der Waals surface area contributed by atoms with Crippen LogP contribution in [-0.2, 0) is 6.61 Å². The van der Waals surface area contributed by atoms with E-state index in [1.54, 1.807) is 12.1 Å². The first-order valence-electron chi connectivity index (χ1n) is 6.78. The molecule has 0 atom stereocenters. The summed E-state index contributed by atoms with van der Waals surface area (Å²) in [6, 6.07) is 11.8.